The first kappa shape index (κ1) is 10.1. The number of nitrogen functional groups attached to an aromatic ring is 1. The van der Waals surface area contributed by atoms with Crippen LogP contribution >= 0.6 is 0 Å². The minimum absolute atomic E-state index is 0.161. The Labute approximate surface area is 91.4 Å². The molecule has 0 spiro atoms. The van der Waals surface area contributed by atoms with Crippen molar-refractivity contribution < 1.29 is 4.74 Å². The van der Waals surface area contributed by atoms with Gasteiger partial charge < -0.3 is 10.5 Å². The largest absolute Gasteiger partial charge is 0.421 e. The van der Waals surface area contributed by atoms with Gasteiger partial charge >= 0.3 is 6.01 Å². The molecule has 2 rings (SSSR count). The van der Waals surface area contributed by atoms with Gasteiger partial charge in [-0.2, -0.15) is 4.98 Å². The molecule has 2 aromatic heterocycles. The van der Waals surface area contributed by atoms with E-state index in [1.54, 1.807) is 19.2 Å². The molecule has 2 heterocycles. The number of hydrogen-bond acceptors (Lipinski definition) is 5. The van der Waals surface area contributed by atoms with Gasteiger partial charge in [-0.1, -0.05) is 0 Å². The molecule has 7 nitrogen and oxygen atoms in total. The lowest BCUT2D eigenvalue weighted by Crippen LogP contribution is -2.14. The van der Waals surface area contributed by atoms with Crippen molar-refractivity contribution in [1.29, 1.82) is 5.41 Å². The van der Waals surface area contributed by atoms with Gasteiger partial charge in [0.2, 0.25) is 0 Å². The molecular weight excluding hydrogens is 208 g/mol. The van der Waals surface area contributed by atoms with E-state index in [2.05, 4.69) is 15.1 Å². The normalized spacial score (nSPS) is 10.1. The van der Waals surface area contributed by atoms with E-state index in [0.717, 1.165) is 0 Å². The molecule has 0 radical (unpaired) electrons. The minimum Gasteiger partial charge on any atom is -0.421 e. The molecule has 0 bridgehead atoms. The Balaban J connectivity index is 2.31. The fourth-order valence-corrected chi connectivity index (χ4v) is 1.14. The first-order valence-electron chi connectivity index (χ1n) is 4.49. The van der Waals surface area contributed by atoms with Crippen molar-refractivity contribution in [1.82, 2.24) is 19.7 Å². The number of amidine groups is 1. The van der Waals surface area contributed by atoms with E-state index in [1.807, 2.05) is 0 Å². The summed E-state index contributed by atoms with van der Waals surface area (Å²) in [6.07, 6.45) is 3.05. The molecule has 0 atom stereocenters. The van der Waals surface area contributed by atoms with Crippen LogP contribution in [0.25, 0.3) is 0 Å². The second-order valence-electron chi connectivity index (χ2n) is 3.07. The number of aryl methyl sites for hydroxylation is 1. The zero-order chi connectivity index (χ0) is 11.5. The molecule has 82 valence electrons. The Morgan fingerprint density at radius 2 is 2.31 bits per heavy atom. The maximum absolute atomic E-state index is 7.34. The average Bonchev–Trinajstić information content (AvgIpc) is 2.64. The fraction of sp³-hybridized carbons (Fsp3) is 0.111. The molecule has 3 N–H and O–H groups in total. The third kappa shape index (κ3) is 1.97. The number of pyridine rings is 1. The van der Waals surface area contributed by atoms with Crippen LogP contribution in [0.1, 0.15) is 5.69 Å². The van der Waals surface area contributed by atoms with Crippen molar-refractivity contribution in [2.75, 3.05) is 0 Å². The average molecular weight is 218 g/mol. The number of rotatable bonds is 3. The van der Waals surface area contributed by atoms with E-state index in [-0.39, 0.29) is 17.5 Å². The standard InChI is InChI=1S/C9H10N6O/c1-15-5-13-9(14-15)16-6-3-2-4-12-7(6)8(10)11/h2-5H,1H3,(H3,10,11). The molecule has 0 unspecified atom stereocenters. The summed E-state index contributed by atoms with van der Waals surface area (Å²) in [5.41, 5.74) is 5.64. The number of nitrogens with zero attached hydrogens (tertiary/aromatic N) is 4. The smallest absolute Gasteiger partial charge is 0.341 e. The van der Waals surface area contributed by atoms with Gasteiger partial charge in [-0.15, -0.1) is 5.10 Å². The topological polar surface area (TPSA) is 103 Å². The number of aromatic nitrogens is 4. The van der Waals surface area contributed by atoms with Gasteiger partial charge in [0.05, 0.1) is 0 Å². The van der Waals surface area contributed by atoms with E-state index in [1.165, 1.54) is 17.2 Å². The van der Waals surface area contributed by atoms with Gasteiger partial charge in [0.1, 0.15) is 17.9 Å². The van der Waals surface area contributed by atoms with Crippen molar-refractivity contribution in [2.45, 2.75) is 0 Å². The lowest BCUT2D eigenvalue weighted by molar-refractivity contribution is 0.436. The van der Waals surface area contributed by atoms with Crippen LogP contribution in [0.3, 0.4) is 0 Å². The van der Waals surface area contributed by atoms with Crippen molar-refractivity contribution in [3.63, 3.8) is 0 Å². The van der Waals surface area contributed by atoms with Gasteiger partial charge in [0.15, 0.2) is 5.75 Å². The Morgan fingerprint density at radius 1 is 1.50 bits per heavy atom. The van der Waals surface area contributed by atoms with Crippen molar-refractivity contribution in [3.8, 4) is 11.8 Å². The van der Waals surface area contributed by atoms with Gasteiger partial charge in [0, 0.05) is 13.2 Å². The molecule has 2 aromatic rings. The van der Waals surface area contributed by atoms with E-state index in [4.69, 9.17) is 15.9 Å². The van der Waals surface area contributed by atoms with E-state index >= 15 is 0 Å². The third-order valence-corrected chi connectivity index (χ3v) is 1.81. The molecule has 0 amide bonds. The first-order chi connectivity index (χ1) is 7.66. The first-order valence-corrected chi connectivity index (χ1v) is 4.49. The summed E-state index contributed by atoms with van der Waals surface area (Å²) in [5, 5.41) is 11.3. The van der Waals surface area contributed by atoms with Gasteiger partial charge in [0.25, 0.3) is 0 Å². The van der Waals surface area contributed by atoms with Crippen molar-refractivity contribution in [2.24, 2.45) is 12.8 Å². The van der Waals surface area contributed by atoms with Crippen LogP contribution in [0.2, 0.25) is 0 Å². The summed E-state index contributed by atoms with van der Waals surface area (Å²) in [7, 11) is 1.73. The molecular formula is C9H10N6O. The highest BCUT2D eigenvalue weighted by atomic mass is 16.5. The molecule has 0 fully saturated rings. The van der Waals surface area contributed by atoms with Crippen LogP contribution in [0.15, 0.2) is 24.7 Å². The minimum atomic E-state index is -0.161. The van der Waals surface area contributed by atoms with Crippen molar-refractivity contribution >= 4 is 5.84 Å². The fourth-order valence-electron chi connectivity index (χ4n) is 1.14. The van der Waals surface area contributed by atoms with Crippen LogP contribution in [0.4, 0.5) is 0 Å². The zero-order valence-corrected chi connectivity index (χ0v) is 8.58. The molecule has 0 aromatic carbocycles. The Morgan fingerprint density at radius 3 is 2.94 bits per heavy atom. The third-order valence-electron chi connectivity index (χ3n) is 1.81. The van der Waals surface area contributed by atoms with Crippen LogP contribution in [0, 0.1) is 5.41 Å². The van der Waals surface area contributed by atoms with Crippen molar-refractivity contribution in [3.05, 3.63) is 30.4 Å². The van der Waals surface area contributed by atoms with E-state index < -0.39 is 0 Å². The Hall–Kier alpha value is -2.44. The number of nitrogens with two attached hydrogens (primary N) is 1. The van der Waals surface area contributed by atoms with Crippen LogP contribution in [0.5, 0.6) is 11.8 Å². The molecule has 0 saturated heterocycles. The van der Waals surface area contributed by atoms with Gasteiger partial charge in [-0.3, -0.25) is 10.1 Å². The van der Waals surface area contributed by atoms with Gasteiger partial charge in [-0.05, 0) is 12.1 Å². The van der Waals surface area contributed by atoms with Crippen LogP contribution in [-0.2, 0) is 7.05 Å². The zero-order valence-electron chi connectivity index (χ0n) is 8.58. The highest BCUT2D eigenvalue weighted by Crippen LogP contribution is 2.19. The molecule has 0 aliphatic carbocycles. The lowest BCUT2D eigenvalue weighted by Gasteiger charge is -2.05. The maximum Gasteiger partial charge on any atom is 0.341 e. The summed E-state index contributed by atoms with van der Waals surface area (Å²) in [4.78, 5) is 7.85. The Bertz CT molecular complexity index is 520. The monoisotopic (exact) mass is 218 g/mol. The van der Waals surface area contributed by atoms with Crippen LogP contribution < -0.4 is 10.5 Å². The second kappa shape index (κ2) is 3.97. The maximum atomic E-state index is 7.34. The number of nitrogens with one attached hydrogen (secondary N) is 1. The summed E-state index contributed by atoms with van der Waals surface area (Å²) in [6, 6.07) is 3.53. The summed E-state index contributed by atoms with van der Waals surface area (Å²) in [5.74, 6) is 0.202. The molecule has 16 heavy (non-hydrogen) atoms. The predicted octanol–water partition coefficient (Wildman–Crippen LogP) is 0.286. The number of hydrogen-bond donors (Lipinski definition) is 2. The highest BCUT2D eigenvalue weighted by molar-refractivity contribution is 5.95. The summed E-state index contributed by atoms with van der Waals surface area (Å²) >= 11 is 0. The second-order valence-corrected chi connectivity index (χ2v) is 3.07. The molecule has 0 aliphatic rings. The van der Waals surface area contributed by atoms with Gasteiger partial charge in [-0.25, -0.2) is 4.98 Å². The van der Waals surface area contributed by atoms with Crippen LogP contribution in [-0.4, -0.2) is 25.6 Å². The SMILES string of the molecule is Cn1cnc(Oc2cccnc2C(=N)N)n1. The summed E-state index contributed by atoms with van der Waals surface area (Å²) < 4.78 is 6.88. The quantitative estimate of drug-likeness (QED) is 0.569. The Kier molecular flexibility index (Phi) is 2.50. The predicted molar refractivity (Wildman–Crippen MR) is 56.3 cm³/mol. The number of ether oxygens (including phenoxy) is 1. The van der Waals surface area contributed by atoms with E-state index in [0.29, 0.717) is 5.75 Å². The molecule has 0 aliphatic heterocycles. The van der Waals surface area contributed by atoms with E-state index in [9.17, 15) is 0 Å². The lowest BCUT2D eigenvalue weighted by atomic mass is 10.3. The molecule has 0 saturated carbocycles. The highest BCUT2D eigenvalue weighted by Gasteiger charge is 2.10. The summed E-state index contributed by atoms with van der Waals surface area (Å²) in [6.45, 7) is 0. The molecule has 7 heteroatoms.